The molecule has 1 aliphatic heterocycles. The van der Waals surface area contributed by atoms with E-state index in [1.807, 2.05) is 6.92 Å². The number of benzene rings is 1. The zero-order valence-electron chi connectivity index (χ0n) is 19.2. The number of ether oxygens (including phenoxy) is 1. The molecule has 0 radical (unpaired) electrons. The number of hydrogen-bond donors (Lipinski definition) is 1. The number of aromatic nitrogens is 1. The fourth-order valence-electron chi connectivity index (χ4n) is 3.93. The Labute approximate surface area is 188 Å². The molecule has 1 saturated heterocycles. The Morgan fingerprint density at radius 3 is 2.50 bits per heavy atom. The molecule has 2 aromatic rings. The molecule has 0 spiro atoms. The Hall–Kier alpha value is -3.00. The quantitative estimate of drug-likeness (QED) is 0.663. The maximum Gasteiger partial charge on any atom is 0.339 e. The van der Waals surface area contributed by atoms with Crippen LogP contribution in [0.2, 0.25) is 0 Å². The second-order valence-corrected chi connectivity index (χ2v) is 7.87. The predicted octanol–water partition coefficient (Wildman–Crippen LogP) is 3.34. The van der Waals surface area contributed by atoms with Crippen LogP contribution in [-0.4, -0.2) is 61.1 Å². The van der Waals surface area contributed by atoms with E-state index in [0.29, 0.717) is 11.3 Å². The van der Waals surface area contributed by atoms with E-state index < -0.39 is 12.0 Å². The molecule has 1 aromatic carbocycles. The van der Waals surface area contributed by atoms with Crippen molar-refractivity contribution >= 4 is 17.6 Å². The van der Waals surface area contributed by atoms with Crippen LogP contribution in [-0.2, 0) is 4.74 Å². The van der Waals surface area contributed by atoms with Gasteiger partial charge in [-0.25, -0.2) is 14.2 Å². The average Bonchev–Trinajstić information content (AvgIpc) is 2.79. The lowest BCUT2D eigenvalue weighted by atomic mass is 10.0. The first-order chi connectivity index (χ1) is 15.3. The molecule has 3 rings (SSSR count). The number of pyridine rings is 1. The van der Waals surface area contributed by atoms with Gasteiger partial charge in [-0.1, -0.05) is 6.92 Å². The van der Waals surface area contributed by atoms with Gasteiger partial charge in [0.05, 0.1) is 23.9 Å². The van der Waals surface area contributed by atoms with Crippen LogP contribution in [0.5, 0.6) is 0 Å². The minimum Gasteiger partial charge on any atom is -0.462 e. The number of aryl methyl sites for hydroxylation is 1. The molecule has 1 aliphatic rings. The van der Waals surface area contributed by atoms with Crippen LogP contribution in [0.25, 0.3) is 0 Å². The van der Waals surface area contributed by atoms with Gasteiger partial charge in [0.1, 0.15) is 11.5 Å². The molecule has 8 heteroatoms. The highest BCUT2D eigenvalue weighted by Gasteiger charge is 2.23. The van der Waals surface area contributed by atoms with Crippen LogP contribution in [0.3, 0.4) is 0 Å². The normalized spacial score (nSPS) is 15.3. The van der Waals surface area contributed by atoms with Gasteiger partial charge in [-0.2, -0.15) is 0 Å². The van der Waals surface area contributed by atoms with Crippen molar-refractivity contribution in [2.24, 2.45) is 0 Å². The molecule has 2 heterocycles. The number of hydrogen-bond acceptors (Lipinski definition) is 6. The summed E-state index contributed by atoms with van der Waals surface area (Å²) >= 11 is 0. The Morgan fingerprint density at radius 1 is 1.16 bits per heavy atom. The highest BCUT2D eigenvalue weighted by molar-refractivity contribution is 5.95. The lowest BCUT2D eigenvalue weighted by Gasteiger charge is -2.37. The third kappa shape index (κ3) is 5.43. The van der Waals surface area contributed by atoms with Crippen molar-refractivity contribution < 1.29 is 18.7 Å². The minimum atomic E-state index is -0.467. The number of halogens is 1. The lowest BCUT2D eigenvalue weighted by molar-refractivity contribution is 0.0524. The first-order valence-corrected chi connectivity index (χ1v) is 11.1. The van der Waals surface area contributed by atoms with Crippen LogP contribution in [0.4, 0.5) is 10.1 Å². The van der Waals surface area contributed by atoms with Gasteiger partial charge in [-0.15, -0.1) is 0 Å². The number of nitrogens with one attached hydrogen (secondary N) is 1. The van der Waals surface area contributed by atoms with Crippen molar-refractivity contribution in [1.82, 2.24) is 15.2 Å². The van der Waals surface area contributed by atoms with E-state index in [2.05, 4.69) is 27.0 Å². The molecule has 1 unspecified atom stereocenters. The van der Waals surface area contributed by atoms with E-state index in [9.17, 15) is 14.0 Å². The highest BCUT2D eigenvalue weighted by Crippen LogP contribution is 2.28. The van der Waals surface area contributed by atoms with Gasteiger partial charge in [0.2, 0.25) is 0 Å². The van der Waals surface area contributed by atoms with Gasteiger partial charge >= 0.3 is 5.97 Å². The minimum absolute atomic E-state index is 0.192. The second kappa shape index (κ2) is 10.5. The Morgan fingerprint density at radius 2 is 1.88 bits per heavy atom. The Bertz CT molecular complexity index is 974. The Balaban J connectivity index is 1.76. The number of piperazine rings is 1. The molecule has 172 valence electrons. The third-order valence-electron chi connectivity index (χ3n) is 5.78. The molecule has 7 nitrogen and oxygen atoms in total. The molecule has 1 N–H and O–H groups in total. The lowest BCUT2D eigenvalue weighted by Crippen LogP contribution is -2.46. The molecular weight excluding hydrogens is 411 g/mol. The van der Waals surface area contributed by atoms with Crippen LogP contribution < -0.4 is 10.2 Å². The zero-order valence-corrected chi connectivity index (χ0v) is 19.2. The summed E-state index contributed by atoms with van der Waals surface area (Å²) in [6, 6.07) is 7.33. The Kier molecular flexibility index (Phi) is 7.80. The van der Waals surface area contributed by atoms with Crippen molar-refractivity contribution in [1.29, 1.82) is 0 Å². The van der Waals surface area contributed by atoms with E-state index >= 15 is 0 Å². The molecule has 1 aromatic heterocycles. The number of amides is 1. The molecule has 0 saturated carbocycles. The van der Waals surface area contributed by atoms with Crippen molar-refractivity contribution in [3.05, 3.63) is 58.7 Å². The third-order valence-corrected chi connectivity index (χ3v) is 5.78. The summed E-state index contributed by atoms with van der Waals surface area (Å²) in [4.78, 5) is 33.7. The fraction of sp³-hybridized carbons (Fsp3) is 0.458. The molecule has 1 fully saturated rings. The summed E-state index contributed by atoms with van der Waals surface area (Å²) in [6.07, 6.45) is 0. The number of rotatable bonds is 7. The molecule has 1 amide bonds. The van der Waals surface area contributed by atoms with E-state index in [1.54, 1.807) is 26.0 Å². The van der Waals surface area contributed by atoms with Crippen molar-refractivity contribution in [2.45, 2.75) is 33.7 Å². The predicted molar refractivity (Wildman–Crippen MR) is 122 cm³/mol. The summed E-state index contributed by atoms with van der Waals surface area (Å²) in [5, 5.41) is 2.92. The monoisotopic (exact) mass is 442 g/mol. The fourth-order valence-corrected chi connectivity index (χ4v) is 3.93. The highest BCUT2D eigenvalue weighted by atomic mass is 19.1. The largest absolute Gasteiger partial charge is 0.462 e. The van der Waals surface area contributed by atoms with Gasteiger partial charge < -0.3 is 19.9 Å². The maximum atomic E-state index is 14.1. The first kappa shape index (κ1) is 23.7. The standard InChI is InChI=1S/C24H31FN4O3/c1-5-28-11-13-29(14-12-28)22-10-7-18(25)15-20(22)17(4)27-23(30)21-9-8-19(16(3)26-21)24(31)32-6-2/h7-10,15,17H,5-6,11-14H2,1-4H3,(H,27,30). The summed E-state index contributed by atoms with van der Waals surface area (Å²) in [6.45, 7) is 12.2. The van der Waals surface area contributed by atoms with E-state index in [1.165, 1.54) is 18.2 Å². The van der Waals surface area contributed by atoms with Gasteiger partial charge in [0.15, 0.2) is 0 Å². The number of carbonyl (C=O) groups excluding carboxylic acids is 2. The molecule has 32 heavy (non-hydrogen) atoms. The van der Waals surface area contributed by atoms with Gasteiger partial charge in [0.25, 0.3) is 5.91 Å². The van der Waals surface area contributed by atoms with Crippen molar-refractivity contribution in [3.8, 4) is 0 Å². The van der Waals surface area contributed by atoms with Gasteiger partial charge in [-0.05, 0) is 57.6 Å². The number of carbonyl (C=O) groups is 2. The smallest absolute Gasteiger partial charge is 0.339 e. The molecule has 0 aliphatic carbocycles. The second-order valence-electron chi connectivity index (χ2n) is 7.87. The van der Waals surface area contributed by atoms with Crippen molar-refractivity contribution in [3.63, 3.8) is 0 Å². The van der Waals surface area contributed by atoms with E-state index in [-0.39, 0.29) is 24.0 Å². The number of esters is 1. The number of nitrogens with zero attached hydrogens (tertiary/aromatic N) is 3. The van der Waals surface area contributed by atoms with Crippen LogP contribution in [0, 0.1) is 12.7 Å². The topological polar surface area (TPSA) is 74.8 Å². The van der Waals surface area contributed by atoms with Crippen LogP contribution in [0.1, 0.15) is 58.9 Å². The van der Waals surface area contributed by atoms with Crippen LogP contribution in [0.15, 0.2) is 30.3 Å². The SMILES string of the molecule is CCOC(=O)c1ccc(C(=O)NC(C)c2cc(F)ccc2N2CCN(CC)CC2)nc1C. The van der Waals surface area contributed by atoms with Crippen molar-refractivity contribution in [2.75, 3.05) is 44.2 Å². The van der Waals surface area contributed by atoms with Gasteiger partial charge in [0, 0.05) is 37.4 Å². The maximum absolute atomic E-state index is 14.1. The van der Waals surface area contributed by atoms with E-state index in [0.717, 1.165) is 44.0 Å². The van der Waals surface area contributed by atoms with Gasteiger partial charge in [-0.3, -0.25) is 4.79 Å². The number of likely N-dealkylation sites (N-methyl/N-ethyl adjacent to an activating group) is 1. The summed E-state index contributed by atoms with van der Waals surface area (Å²) in [5.41, 5.74) is 2.59. The zero-order chi connectivity index (χ0) is 23.3. The summed E-state index contributed by atoms with van der Waals surface area (Å²) < 4.78 is 19.1. The molecule has 1 atom stereocenters. The summed E-state index contributed by atoms with van der Waals surface area (Å²) in [5.74, 6) is -1.20. The summed E-state index contributed by atoms with van der Waals surface area (Å²) in [7, 11) is 0. The molecule has 0 bridgehead atoms. The molecular formula is C24H31FN4O3. The van der Waals surface area contributed by atoms with E-state index in [4.69, 9.17) is 4.74 Å². The first-order valence-electron chi connectivity index (χ1n) is 11.1. The number of anilines is 1. The van der Waals surface area contributed by atoms with Crippen LogP contribution >= 0.6 is 0 Å². The average molecular weight is 443 g/mol.